The Morgan fingerprint density at radius 3 is 2.00 bits per heavy atom. The molecule has 11 heteroatoms. The molecule has 27 heavy (non-hydrogen) atoms. The van der Waals surface area contributed by atoms with Crippen LogP contribution in [0.25, 0.3) is 0 Å². The molecule has 0 heterocycles. The van der Waals surface area contributed by atoms with E-state index in [0.29, 0.717) is 18.6 Å². The molecule has 1 rings (SSSR count). The van der Waals surface area contributed by atoms with Crippen LogP contribution in [0.2, 0.25) is 0 Å². The summed E-state index contributed by atoms with van der Waals surface area (Å²) in [6.45, 7) is 2.81. The largest absolute Gasteiger partial charge is 0.458 e. The van der Waals surface area contributed by atoms with Crippen molar-refractivity contribution in [3.63, 3.8) is 0 Å². The summed E-state index contributed by atoms with van der Waals surface area (Å²) in [5, 5.41) is 0. The minimum atomic E-state index is -4.24. The Kier molecular flexibility index (Phi) is 10.2. The average Bonchev–Trinajstić information content (AvgIpc) is 2.44. The lowest BCUT2D eigenvalue weighted by Crippen LogP contribution is -2.35. The number of carbonyl (C=O) groups is 2. The molecular weight excluding hydrogens is 717 g/mol. The third kappa shape index (κ3) is 10.6. The minimum Gasteiger partial charge on any atom is -0.458 e. The van der Waals surface area contributed by atoms with Crippen LogP contribution in [0.5, 0.6) is 5.75 Å². The summed E-state index contributed by atoms with van der Waals surface area (Å²) < 4.78 is 43.8. The van der Waals surface area contributed by atoms with E-state index in [9.17, 15) is 18.0 Å². The summed E-state index contributed by atoms with van der Waals surface area (Å²) in [6, 6.07) is 3.83. The van der Waals surface area contributed by atoms with Crippen LogP contribution in [0.1, 0.15) is 39.5 Å². The van der Waals surface area contributed by atoms with Gasteiger partial charge >= 0.3 is 11.9 Å². The topological polar surface area (TPSA) is 107 Å². The fourth-order valence-corrected chi connectivity index (χ4v) is 6.90. The van der Waals surface area contributed by atoms with Crippen molar-refractivity contribution < 1.29 is 32.0 Å². The van der Waals surface area contributed by atoms with E-state index in [1.54, 1.807) is 0 Å². The monoisotopic (exact) mass is 736 g/mol. The van der Waals surface area contributed by atoms with Crippen molar-refractivity contribution in [3.05, 3.63) is 22.8 Å². The van der Waals surface area contributed by atoms with E-state index < -0.39 is 27.4 Å². The van der Waals surface area contributed by atoms with E-state index in [1.807, 2.05) is 12.1 Å². The highest BCUT2D eigenvalue weighted by atomic mass is 127. The highest BCUT2D eigenvalue weighted by Gasteiger charge is 2.28. The quantitative estimate of drug-likeness (QED) is 0.134. The molecule has 0 bridgehead atoms. The first-order valence-electron chi connectivity index (χ1n) is 7.81. The molecule has 0 fully saturated rings. The Labute approximate surface area is 199 Å². The van der Waals surface area contributed by atoms with E-state index >= 15 is 0 Å². The molecule has 152 valence electrons. The summed E-state index contributed by atoms with van der Waals surface area (Å²) in [5.74, 6) is -1.11. The number of esters is 2. The molecule has 0 atom stereocenters. The number of hydrogen-bond donors (Lipinski definition) is 1. The lowest BCUT2D eigenvalue weighted by Gasteiger charge is -2.23. The Morgan fingerprint density at radius 2 is 1.52 bits per heavy atom. The zero-order chi connectivity index (χ0) is 20.8. The van der Waals surface area contributed by atoms with Gasteiger partial charge in [0.2, 0.25) is 0 Å². The Morgan fingerprint density at radius 1 is 1.04 bits per heavy atom. The number of hydrogen-bond acceptors (Lipinski definition) is 6. The minimum absolute atomic E-state index is 0.0424. The second kappa shape index (κ2) is 10.9. The molecule has 0 aromatic heterocycles. The third-order valence-electron chi connectivity index (χ3n) is 3.11. The molecule has 0 aliphatic carbocycles. The molecule has 0 aliphatic rings. The number of rotatable bonds is 9. The van der Waals surface area contributed by atoms with Crippen LogP contribution in [-0.2, 0) is 24.4 Å². The lowest BCUT2D eigenvalue weighted by molar-refractivity contribution is -0.154. The van der Waals surface area contributed by atoms with Crippen LogP contribution < -0.4 is 4.74 Å². The Balaban J connectivity index is 2.39. The molecule has 1 aromatic rings. The molecule has 0 saturated carbocycles. The van der Waals surface area contributed by atoms with Crippen LogP contribution in [0, 0.1) is 10.7 Å². The van der Waals surface area contributed by atoms with Gasteiger partial charge in [-0.3, -0.25) is 14.1 Å². The zero-order valence-corrected chi connectivity index (χ0v) is 21.9. The van der Waals surface area contributed by atoms with Crippen molar-refractivity contribution in [2.45, 2.75) is 45.1 Å². The molecule has 0 unspecified atom stereocenters. The van der Waals surface area contributed by atoms with Crippen LogP contribution in [0.4, 0.5) is 0 Å². The van der Waals surface area contributed by atoms with Gasteiger partial charge in [-0.25, -0.2) is 0 Å². The Hall–Kier alpha value is 0.260. The van der Waals surface area contributed by atoms with Crippen LogP contribution in [0.15, 0.2) is 12.1 Å². The molecular formula is C16H19I3O7S. The van der Waals surface area contributed by atoms with Gasteiger partial charge in [-0.2, -0.15) is 8.42 Å². The highest BCUT2D eigenvalue weighted by Crippen LogP contribution is 2.30. The molecule has 0 aliphatic heterocycles. The van der Waals surface area contributed by atoms with Crippen molar-refractivity contribution in [3.8, 4) is 5.75 Å². The fraction of sp³-hybridized carbons (Fsp3) is 0.500. The summed E-state index contributed by atoms with van der Waals surface area (Å²) >= 11 is 6.41. The van der Waals surface area contributed by atoms with Crippen molar-refractivity contribution in [1.82, 2.24) is 0 Å². The molecule has 7 nitrogen and oxygen atoms in total. The maximum atomic E-state index is 12.0. The van der Waals surface area contributed by atoms with Crippen LogP contribution in [0.3, 0.4) is 0 Å². The number of ether oxygens (including phenoxy) is 2. The molecule has 0 saturated heterocycles. The third-order valence-corrected chi connectivity index (χ3v) is 6.40. The zero-order valence-electron chi connectivity index (χ0n) is 14.6. The van der Waals surface area contributed by atoms with Crippen LogP contribution >= 0.6 is 67.8 Å². The van der Waals surface area contributed by atoms with Crippen molar-refractivity contribution in [1.29, 1.82) is 0 Å². The van der Waals surface area contributed by atoms with Crippen molar-refractivity contribution >= 4 is 89.8 Å². The first-order valence-corrected chi connectivity index (χ1v) is 12.7. The standard InChI is InChI=1S/C16H19I3O7S/c1-16(2,9-27(22,23)24)26-14(21)6-4-3-5-13(20)25-15-11(18)7-10(17)8-12(15)19/h7-8H,3-6,9H2,1-2H3,(H,22,23,24). The van der Waals surface area contributed by atoms with Gasteiger partial charge in [0.05, 0.1) is 7.14 Å². The van der Waals surface area contributed by atoms with Gasteiger partial charge in [-0.1, -0.05) is 0 Å². The summed E-state index contributed by atoms with van der Waals surface area (Å²) in [5.41, 5.74) is -1.32. The second-order valence-corrected chi connectivity index (χ2v) is 11.4. The van der Waals surface area contributed by atoms with Gasteiger partial charge in [-0.15, -0.1) is 0 Å². The predicted molar refractivity (Wildman–Crippen MR) is 125 cm³/mol. The SMILES string of the molecule is CC(C)(CS(=O)(=O)O)OC(=O)CCCCC(=O)Oc1c(I)cc(I)cc1I. The van der Waals surface area contributed by atoms with Crippen LogP contribution in [-0.4, -0.2) is 36.3 Å². The summed E-state index contributed by atoms with van der Waals surface area (Å²) in [7, 11) is -4.24. The lowest BCUT2D eigenvalue weighted by atomic mass is 10.1. The van der Waals surface area contributed by atoms with Crippen molar-refractivity contribution in [2.24, 2.45) is 0 Å². The Bertz CT molecular complexity index is 783. The molecule has 1 aromatic carbocycles. The number of halogens is 3. The van der Waals surface area contributed by atoms with Gasteiger partial charge < -0.3 is 9.47 Å². The molecule has 0 amide bonds. The van der Waals surface area contributed by atoms with E-state index in [1.165, 1.54) is 13.8 Å². The maximum Gasteiger partial charge on any atom is 0.311 e. The highest BCUT2D eigenvalue weighted by molar-refractivity contribution is 14.1. The van der Waals surface area contributed by atoms with Gasteiger partial charge in [0.15, 0.2) is 5.75 Å². The summed E-state index contributed by atoms with van der Waals surface area (Å²) in [4.78, 5) is 23.8. The number of benzene rings is 1. The fourth-order valence-electron chi connectivity index (χ4n) is 2.16. The van der Waals surface area contributed by atoms with Gasteiger partial charge in [0.25, 0.3) is 10.1 Å². The molecule has 1 N–H and O–H groups in total. The van der Waals surface area contributed by atoms with Crippen molar-refractivity contribution in [2.75, 3.05) is 5.75 Å². The first-order chi connectivity index (χ1) is 12.3. The number of carbonyl (C=O) groups excluding carboxylic acids is 2. The van der Waals surface area contributed by atoms with E-state index in [0.717, 1.165) is 10.7 Å². The normalized spacial score (nSPS) is 11.9. The predicted octanol–water partition coefficient (Wildman–Crippen LogP) is 4.18. The molecule has 0 spiro atoms. The van der Waals surface area contributed by atoms with Gasteiger partial charge in [0.1, 0.15) is 11.4 Å². The average molecular weight is 736 g/mol. The smallest absolute Gasteiger partial charge is 0.311 e. The number of unbranched alkanes of at least 4 members (excludes halogenated alkanes) is 1. The second-order valence-electron chi connectivity index (χ2n) is 6.34. The molecule has 0 radical (unpaired) electrons. The first kappa shape index (κ1) is 25.3. The van der Waals surface area contributed by atoms with E-state index in [2.05, 4.69) is 67.8 Å². The van der Waals surface area contributed by atoms with E-state index in [-0.39, 0.29) is 18.8 Å². The van der Waals surface area contributed by atoms with Gasteiger partial charge in [-0.05, 0) is 107 Å². The summed E-state index contributed by atoms with van der Waals surface area (Å²) in [6.07, 6.45) is 1.03. The maximum absolute atomic E-state index is 12.0. The van der Waals surface area contributed by atoms with E-state index in [4.69, 9.17) is 14.0 Å². The van der Waals surface area contributed by atoms with Gasteiger partial charge in [0, 0.05) is 16.4 Å².